The molecule has 3 rings (SSSR count). The van der Waals surface area contributed by atoms with E-state index in [1.165, 1.54) is 10.5 Å². The van der Waals surface area contributed by atoms with Crippen molar-refractivity contribution < 1.29 is 9.53 Å². The molecule has 114 valence electrons. The Morgan fingerprint density at radius 2 is 2.00 bits per heavy atom. The molecule has 0 N–H and O–H groups in total. The summed E-state index contributed by atoms with van der Waals surface area (Å²) < 4.78 is 5.51. The van der Waals surface area contributed by atoms with Crippen LogP contribution in [0.1, 0.15) is 31.2 Å². The van der Waals surface area contributed by atoms with E-state index in [1.807, 2.05) is 16.7 Å². The van der Waals surface area contributed by atoms with Crippen molar-refractivity contribution in [3.8, 4) is 0 Å². The van der Waals surface area contributed by atoms with Gasteiger partial charge in [-0.1, -0.05) is 18.2 Å². The van der Waals surface area contributed by atoms with Crippen molar-refractivity contribution in [3.05, 3.63) is 29.8 Å². The zero-order valence-electron chi connectivity index (χ0n) is 12.6. The van der Waals surface area contributed by atoms with Crippen LogP contribution in [0.25, 0.3) is 0 Å². The molecule has 0 spiro atoms. The molecule has 2 aliphatic rings. The van der Waals surface area contributed by atoms with Crippen molar-refractivity contribution in [1.29, 1.82) is 0 Å². The fourth-order valence-electron chi connectivity index (χ4n) is 3.04. The molecule has 1 aromatic rings. The molecule has 0 aromatic heterocycles. The molecule has 2 saturated heterocycles. The van der Waals surface area contributed by atoms with E-state index >= 15 is 0 Å². The number of hydrogen-bond acceptors (Lipinski definition) is 3. The van der Waals surface area contributed by atoms with E-state index in [4.69, 9.17) is 4.74 Å². The number of ether oxygens (including phenoxy) is 1. The van der Waals surface area contributed by atoms with Gasteiger partial charge in [0.1, 0.15) is 6.10 Å². The van der Waals surface area contributed by atoms with Crippen LogP contribution in [0.5, 0.6) is 0 Å². The number of carbonyl (C=O) groups excluding carboxylic acids is 1. The molecular formula is C17H23NO2S. The molecule has 0 radical (unpaired) electrons. The first-order valence-electron chi connectivity index (χ1n) is 7.87. The maximum Gasteiger partial charge on any atom is 0.251 e. The second kappa shape index (κ2) is 6.84. The molecule has 0 aliphatic carbocycles. The Bertz CT molecular complexity index is 491. The Morgan fingerprint density at radius 3 is 2.67 bits per heavy atom. The van der Waals surface area contributed by atoms with E-state index in [2.05, 4.69) is 31.2 Å². The van der Waals surface area contributed by atoms with Gasteiger partial charge in [0.05, 0.1) is 0 Å². The summed E-state index contributed by atoms with van der Waals surface area (Å²) in [6, 6.07) is 8.55. The molecule has 4 heteroatoms. The van der Waals surface area contributed by atoms with Crippen molar-refractivity contribution in [3.63, 3.8) is 0 Å². The smallest absolute Gasteiger partial charge is 0.251 e. The summed E-state index contributed by atoms with van der Waals surface area (Å²) in [7, 11) is 0. The maximum absolute atomic E-state index is 12.3. The van der Waals surface area contributed by atoms with Gasteiger partial charge in [-0.15, -0.1) is 11.8 Å². The van der Waals surface area contributed by atoms with Gasteiger partial charge in [0.2, 0.25) is 0 Å². The SMILES string of the molecule is Cc1ccccc1SC1CCN(C(=O)C2CCCO2)CC1. The van der Waals surface area contributed by atoms with Gasteiger partial charge in [-0.05, 0) is 44.2 Å². The fraction of sp³-hybridized carbons (Fsp3) is 0.588. The standard InChI is InChI=1S/C17H23NO2S/c1-13-5-2-3-7-16(13)21-14-8-10-18(11-9-14)17(19)15-6-4-12-20-15/h2-3,5,7,14-15H,4,6,8-12H2,1H3. The molecule has 1 amide bonds. The van der Waals surface area contributed by atoms with Gasteiger partial charge in [0, 0.05) is 29.8 Å². The van der Waals surface area contributed by atoms with Gasteiger partial charge in [0.25, 0.3) is 5.91 Å². The number of piperidine rings is 1. The molecule has 0 saturated carbocycles. The van der Waals surface area contributed by atoms with Crippen LogP contribution in [-0.2, 0) is 9.53 Å². The van der Waals surface area contributed by atoms with Gasteiger partial charge < -0.3 is 9.64 Å². The third-order valence-corrected chi connectivity index (χ3v) is 5.86. The summed E-state index contributed by atoms with van der Waals surface area (Å²) in [5, 5.41) is 0.625. The minimum absolute atomic E-state index is 0.162. The number of benzene rings is 1. The summed E-state index contributed by atoms with van der Waals surface area (Å²) in [4.78, 5) is 15.7. The number of amides is 1. The van der Waals surface area contributed by atoms with Crippen LogP contribution in [0, 0.1) is 6.92 Å². The van der Waals surface area contributed by atoms with Crippen LogP contribution < -0.4 is 0 Å². The lowest BCUT2D eigenvalue weighted by Crippen LogP contribution is -2.44. The highest BCUT2D eigenvalue weighted by Crippen LogP contribution is 2.32. The second-order valence-corrected chi connectivity index (χ2v) is 7.25. The number of rotatable bonds is 3. The van der Waals surface area contributed by atoms with Crippen LogP contribution in [0.3, 0.4) is 0 Å². The highest BCUT2D eigenvalue weighted by atomic mass is 32.2. The van der Waals surface area contributed by atoms with Crippen LogP contribution in [-0.4, -0.2) is 41.9 Å². The Kier molecular flexibility index (Phi) is 4.86. The number of aryl methyl sites for hydroxylation is 1. The average molecular weight is 305 g/mol. The molecule has 1 aromatic carbocycles. The number of likely N-dealkylation sites (tertiary alicyclic amines) is 1. The number of thioether (sulfide) groups is 1. The monoisotopic (exact) mass is 305 g/mol. The van der Waals surface area contributed by atoms with E-state index in [1.54, 1.807) is 0 Å². The van der Waals surface area contributed by atoms with Crippen LogP contribution in [0.2, 0.25) is 0 Å². The number of nitrogens with zero attached hydrogens (tertiary/aromatic N) is 1. The van der Waals surface area contributed by atoms with Crippen molar-refractivity contribution in [1.82, 2.24) is 4.90 Å². The summed E-state index contributed by atoms with van der Waals surface area (Å²) in [6.07, 6.45) is 3.92. The molecule has 2 heterocycles. The van der Waals surface area contributed by atoms with E-state index in [0.29, 0.717) is 5.25 Å². The fourth-order valence-corrected chi connectivity index (χ4v) is 4.26. The Labute approximate surface area is 131 Å². The van der Waals surface area contributed by atoms with Crippen molar-refractivity contribution in [2.24, 2.45) is 0 Å². The van der Waals surface area contributed by atoms with E-state index in [0.717, 1.165) is 45.4 Å². The molecule has 2 fully saturated rings. The topological polar surface area (TPSA) is 29.5 Å². The minimum atomic E-state index is -0.162. The highest BCUT2D eigenvalue weighted by molar-refractivity contribution is 8.00. The Hall–Kier alpha value is -1.00. The normalized spacial score (nSPS) is 23.5. The van der Waals surface area contributed by atoms with Crippen LogP contribution in [0.4, 0.5) is 0 Å². The molecule has 3 nitrogen and oxygen atoms in total. The first kappa shape index (κ1) is 14.9. The summed E-state index contributed by atoms with van der Waals surface area (Å²) >= 11 is 1.97. The minimum Gasteiger partial charge on any atom is -0.368 e. The van der Waals surface area contributed by atoms with Gasteiger partial charge >= 0.3 is 0 Å². The molecule has 1 atom stereocenters. The Morgan fingerprint density at radius 1 is 1.24 bits per heavy atom. The third kappa shape index (κ3) is 3.61. The first-order chi connectivity index (χ1) is 10.2. The second-order valence-electron chi connectivity index (χ2n) is 5.91. The predicted molar refractivity (Wildman–Crippen MR) is 85.6 cm³/mol. The summed E-state index contributed by atoms with van der Waals surface area (Å²) in [6.45, 7) is 4.67. The molecule has 21 heavy (non-hydrogen) atoms. The van der Waals surface area contributed by atoms with E-state index in [9.17, 15) is 4.79 Å². The van der Waals surface area contributed by atoms with Crippen LogP contribution >= 0.6 is 11.8 Å². The van der Waals surface area contributed by atoms with E-state index in [-0.39, 0.29) is 12.0 Å². The van der Waals surface area contributed by atoms with Gasteiger partial charge in [0.15, 0.2) is 0 Å². The lowest BCUT2D eigenvalue weighted by molar-refractivity contribution is -0.141. The van der Waals surface area contributed by atoms with Crippen molar-refractivity contribution in [2.45, 2.75) is 48.9 Å². The van der Waals surface area contributed by atoms with Gasteiger partial charge in [-0.3, -0.25) is 4.79 Å². The van der Waals surface area contributed by atoms with Gasteiger partial charge in [-0.25, -0.2) is 0 Å². The third-order valence-electron chi connectivity index (χ3n) is 4.35. The highest BCUT2D eigenvalue weighted by Gasteiger charge is 2.31. The Balaban J connectivity index is 1.51. The first-order valence-corrected chi connectivity index (χ1v) is 8.74. The number of carbonyl (C=O) groups is 1. The van der Waals surface area contributed by atoms with Crippen molar-refractivity contribution in [2.75, 3.05) is 19.7 Å². The average Bonchev–Trinajstić information content (AvgIpc) is 3.04. The number of hydrogen-bond donors (Lipinski definition) is 0. The van der Waals surface area contributed by atoms with Crippen LogP contribution in [0.15, 0.2) is 29.2 Å². The summed E-state index contributed by atoms with van der Waals surface area (Å²) in [5.74, 6) is 0.215. The molecular weight excluding hydrogens is 282 g/mol. The quantitative estimate of drug-likeness (QED) is 0.858. The zero-order valence-corrected chi connectivity index (χ0v) is 13.4. The predicted octanol–water partition coefficient (Wildman–Crippen LogP) is 3.26. The molecule has 0 bridgehead atoms. The largest absolute Gasteiger partial charge is 0.368 e. The summed E-state index contributed by atoms with van der Waals surface area (Å²) in [5.41, 5.74) is 1.35. The van der Waals surface area contributed by atoms with Crippen molar-refractivity contribution >= 4 is 17.7 Å². The van der Waals surface area contributed by atoms with E-state index < -0.39 is 0 Å². The maximum atomic E-state index is 12.3. The molecule has 2 aliphatic heterocycles. The lowest BCUT2D eigenvalue weighted by Gasteiger charge is -2.33. The zero-order chi connectivity index (χ0) is 14.7. The molecule has 1 unspecified atom stereocenters. The van der Waals surface area contributed by atoms with Gasteiger partial charge in [-0.2, -0.15) is 0 Å². The lowest BCUT2D eigenvalue weighted by atomic mass is 10.1.